The third-order valence-electron chi connectivity index (χ3n) is 5.38. The monoisotopic (exact) mass is 538 g/mol. The van der Waals surface area contributed by atoms with E-state index in [1.807, 2.05) is 6.26 Å². The highest BCUT2D eigenvalue weighted by atomic mass is 32.2. The molecule has 0 spiro atoms. The molecule has 3 rings (SSSR count). The van der Waals surface area contributed by atoms with Crippen molar-refractivity contribution in [1.82, 2.24) is 5.32 Å². The third-order valence-corrected chi connectivity index (χ3v) is 5.99. The maximum absolute atomic E-state index is 13.2. The van der Waals surface area contributed by atoms with Crippen LogP contribution in [0.2, 0.25) is 0 Å². The maximum Gasteiger partial charge on any atom is 0.255 e. The number of aliphatic imine (C=N–C) groups is 1. The molecular formula is C27H31FN6O3S. The number of thioether (sulfide) groups is 1. The highest BCUT2D eigenvalue weighted by molar-refractivity contribution is 7.98. The number of nitrogens with zero attached hydrogens (tertiary/aromatic N) is 1. The van der Waals surface area contributed by atoms with Crippen LogP contribution < -0.4 is 32.6 Å². The first-order valence-corrected chi connectivity index (χ1v) is 13.2. The van der Waals surface area contributed by atoms with Crippen molar-refractivity contribution < 1.29 is 18.7 Å². The number of hydrogen-bond acceptors (Lipinski definition) is 6. The molecule has 0 aliphatic carbocycles. The van der Waals surface area contributed by atoms with Gasteiger partial charge in [0, 0.05) is 24.1 Å². The second-order valence-corrected chi connectivity index (χ2v) is 9.36. The number of nitrogens with one attached hydrogen (secondary N) is 2. The minimum Gasteiger partial charge on any atom is -0.488 e. The standard InChI is InChI=1S/C27H31FN6O3S/c1-38-13-12-32-25(35)22-11-10-21(15-24(22)37-16-18-2-6-19(28)7-3-18)33-26(36)23(29)14-17-4-8-20(9-5-17)34-27(30)31/h2-11,15,23H,12-14,16,29H2,1H3,(H,32,35)(H,33,36)(H4,30,31,34)/t23-/m0/s1. The van der Waals surface area contributed by atoms with E-state index >= 15 is 0 Å². The number of rotatable bonds is 12. The van der Waals surface area contributed by atoms with Crippen LogP contribution in [-0.2, 0) is 17.8 Å². The average molecular weight is 539 g/mol. The summed E-state index contributed by atoms with van der Waals surface area (Å²) in [6, 6.07) is 16.8. The molecule has 200 valence electrons. The van der Waals surface area contributed by atoms with Gasteiger partial charge in [0.1, 0.15) is 18.2 Å². The number of amides is 2. The Morgan fingerprint density at radius 1 is 1.03 bits per heavy atom. The zero-order chi connectivity index (χ0) is 27.5. The molecule has 0 saturated carbocycles. The molecule has 1 atom stereocenters. The van der Waals surface area contributed by atoms with E-state index < -0.39 is 11.9 Å². The first-order valence-electron chi connectivity index (χ1n) is 11.8. The summed E-state index contributed by atoms with van der Waals surface area (Å²) in [5.41, 5.74) is 19.8. The molecule has 0 aromatic heterocycles. The predicted molar refractivity (Wildman–Crippen MR) is 150 cm³/mol. The van der Waals surface area contributed by atoms with Gasteiger partial charge < -0.3 is 32.6 Å². The normalized spacial score (nSPS) is 11.3. The third kappa shape index (κ3) is 8.79. The Morgan fingerprint density at radius 3 is 2.37 bits per heavy atom. The minimum atomic E-state index is -0.831. The van der Waals surface area contributed by atoms with E-state index in [9.17, 15) is 14.0 Å². The van der Waals surface area contributed by atoms with E-state index in [1.54, 1.807) is 66.4 Å². The van der Waals surface area contributed by atoms with Crippen molar-refractivity contribution in [3.05, 3.63) is 89.2 Å². The van der Waals surface area contributed by atoms with Crippen molar-refractivity contribution in [3.8, 4) is 5.75 Å². The topological polar surface area (TPSA) is 158 Å². The van der Waals surface area contributed by atoms with Crippen LogP contribution in [0, 0.1) is 5.82 Å². The summed E-state index contributed by atoms with van der Waals surface area (Å²) >= 11 is 1.62. The smallest absolute Gasteiger partial charge is 0.255 e. The van der Waals surface area contributed by atoms with Gasteiger partial charge in [0.15, 0.2) is 5.96 Å². The summed E-state index contributed by atoms with van der Waals surface area (Å²) in [7, 11) is 0. The molecule has 8 N–H and O–H groups in total. The molecule has 0 radical (unpaired) electrons. The quantitative estimate of drug-likeness (QED) is 0.135. The molecule has 9 nitrogen and oxygen atoms in total. The van der Waals surface area contributed by atoms with E-state index in [0.717, 1.165) is 16.9 Å². The van der Waals surface area contributed by atoms with Crippen LogP contribution in [0.1, 0.15) is 21.5 Å². The van der Waals surface area contributed by atoms with Crippen molar-refractivity contribution in [1.29, 1.82) is 0 Å². The largest absolute Gasteiger partial charge is 0.488 e. The SMILES string of the molecule is CSCCNC(=O)c1ccc(NC(=O)[C@@H](N)Cc2ccc(N=C(N)N)cc2)cc1OCc1ccc(F)cc1. The lowest BCUT2D eigenvalue weighted by Crippen LogP contribution is -2.37. The first kappa shape index (κ1) is 28.5. The summed E-state index contributed by atoms with van der Waals surface area (Å²) in [6.07, 6.45) is 2.24. The number of carbonyl (C=O) groups excluding carboxylic acids is 2. The van der Waals surface area contributed by atoms with E-state index in [1.165, 1.54) is 12.1 Å². The number of guanidine groups is 1. The average Bonchev–Trinajstić information content (AvgIpc) is 2.89. The van der Waals surface area contributed by atoms with Gasteiger partial charge in [0.25, 0.3) is 5.91 Å². The van der Waals surface area contributed by atoms with E-state index in [4.69, 9.17) is 21.9 Å². The molecule has 0 aliphatic rings. The zero-order valence-electron chi connectivity index (χ0n) is 20.9. The van der Waals surface area contributed by atoms with Gasteiger partial charge in [-0.25, -0.2) is 9.38 Å². The van der Waals surface area contributed by atoms with Crippen molar-refractivity contribution in [2.75, 3.05) is 23.9 Å². The number of nitrogens with two attached hydrogens (primary N) is 3. The fourth-order valence-electron chi connectivity index (χ4n) is 3.45. The van der Waals surface area contributed by atoms with Crippen molar-refractivity contribution in [2.45, 2.75) is 19.1 Å². The minimum absolute atomic E-state index is 0.0432. The van der Waals surface area contributed by atoms with Crippen LogP contribution in [0.15, 0.2) is 71.7 Å². The Labute approximate surface area is 225 Å². The van der Waals surface area contributed by atoms with Crippen molar-refractivity contribution >= 4 is 40.9 Å². The Kier molecular flexibility index (Phi) is 10.5. The van der Waals surface area contributed by atoms with Gasteiger partial charge in [-0.15, -0.1) is 0 Å². The summed E-state index contributed by atoms with van der Waals surface area (Å²) in [5.74, 6) is -0.0585. The number of ether oxygens (including phenoxy) is 1. The molecule has 38 heavy (non-hydrogen) atoms. The molecule has 0 saturated heterocycles. The van der Waals surface area contributed by atoms with Crippen molar-refractivity contribution in [2.24, 2.45) is 22.2 Å². The van der Waals surface area contributed by atoms with Crippen LogP contribution in [-0.4, -0.2) is 42.4 Å². The Hall–Kier alpha value is -4.09. The second kappa shape index (κ2) is 14.0. The number of halogens is 1. The Balaban J connectivity index is 1.71. The number of anilines is 1. The number of benzene rings is 3. The summed E-state index contributed by atoms with van der Waals surface area (Å²) in [4.78, 5) is 29.5. The van der Waals surface area contributed by atoms with Crippen LogP contribution >= 0.6 is 11.8 Å². The van der Waals surface area contributed by atoms with Gasteiger partial charge in [0.05, 0.1) is 17.3 Å². The lowest BCUT2D eigenvalue weighted by molar-refractivity contribution is -0.117. The van der Waals surface area contributed by atoms with E-state index in [0.29, 0.717) is 23.5 Å². The fraction of sp³-hybridized carbons (Fsp3) is 0.222. The molecule has 0 fully saturated rings. The Morgan fingerprint density at radius 2 is 1.71 bits per heavy atom. The lowest BCUT2D eigenvalue weighted by Gasteiger charge is -2.16. The second-order valence-electron chi connectivity index (χ2n) is 8.38. The molecule has 0 heterocycles. The van der Waals surface area contributed by atoms with Crippen LogP contribution in [0.4, 0.5) is 15.8 Å². The van der Waals surface area contributed by atoms with Gasteiger partial charge in [-0.2, -0.15) is 11.8 Å². The molecule has 0 aliphatic heterocycles. The van der Waals surface area contributed by atoms with Gasteiger partial charge in [-0.3, -0.25) is 9.59 Å². The molecule has 2 amide bonds. The summed E-state index contributed by atoms with van der Waals surface area (Å²) in [5, 5.41) is 5.63. The molecule has 3 aromatic carbocycles. The highest BCUT2D eigenvalue weighted by Gasteiger charge is 2.18. The lowest BCUT2D eigenvalue weighted by atomic mass is 10.1. The van der Waals surface area contributed by atoms with Gasteiger partial charge in [-0.05, 0) is 60.2 Å². The zero-order valence-corrected chi connectivity index (χ0v) is 21.8. The summed E-state index contributed by atoms with van der Waals surface area (Å²) < 4.78 is 19.2. The Bertz CT molecular complexity index is 1260. The predicted octanol–water partition coefficient (Wildman–Crippen LogP) is 2.91. The molecular weight excluding hydrogens is 507 g/mol. The molecule has 3 aromatic rings. The maximum atomic E-state index is 13.2. The van der Waals surface area contributed by atoms with Crippen LogP contribution in [0.25, 0.3) is 0 Å². The van der Waals surface area contributed by atoms with Gasteiger partial charge >= 0.3 is 0 Å². The number of hydrogen-bond donors (Lipinski definition) is 5. The fourth-order valence-corrected chi connectivity index (χ4v) is 3.75. The van der Waals surface area contributed by atoms with E-state index in [2.05, 4.69) is 15.6 Å². The molecule has 0 unspecified atom stereocenters. The van der Waals surface area contributed by atoms with Gasteiger partial charge in [-0.1, -0.05) is 24.3 Å². The van der Waals surface area contributed by atoms with Crippen LogP contribution in [0.3, 0.4) is 0 Å². The van der Waals surface area contributed by atoms with Crippen molar-refractivity contribution in [3.63, 3.8) is 0 Å². The molecule has 0 bridgehead atoms. The number of carbonyl (C=O) groups is 2. The van der Waals surface area contributed by atoms with Crippen LogP contribution in [0.5, 0.6) is 5.75 Å². The van der Waals surface area contributed by atoms with E-state index in [-0.39, 0.29) is 36.5 Å². The first-order chi connectivity index (χ1) is 18.2. The van der Waals surface area contributed by atoms with Gasteiger partial charge in [0.2, 0.25) is 5.91 Å². The molecule has 11 heteroatoms. The summed E-state index contributed by atoms with van der Waals surface area (Å²) in [6.45, 7) is 0.607. The highest BCUT2D eigenvalue weighted by Crippen LogP contribution is 2.25.